The molecule has 0 aromatic rings. The largest absolute Gasteiger partial charge is 0.454 e. The molecule has 20 heteroatoms. The fourth-order valence-electron chi connectivity index (χ4n) is 7.38. The number of carbonyl (C=O) groups excluding carboxylic acids is 6. The second-order valence-corrected chi connectivity index (χ2v) is 21.5. The second kappa shape index (κ2) is 29.3. The summed E-state index contributed by atoms with van der Waals surface area (Å²) < 4.78 is 71.6. The number of hydrogen-bond donors (Lipinski definition) is 6. The van der Waals surface area contributed by atoms with Gasteiger partial charge in [-0.1, -0.05) is 135 Å². The van der Waals surface area contributed by atoms with E-state index in [2.05, 4.69) is 21.3 Å². The average molecular weight is 1040 g/mol. The minimum absolute atomic E-state index is 0.0940. The Balaban J connectivity index is 1.90. The summed E-state index contributed by atoms with van der Waals surface area (Å²) in [6.45, 7) is 18.3. The van der Waals surface area contributed by atoms with E-state index in [1.54, 1.807) is 13.8 Å². The minimum atomic E-state index is -4.22. The molecule has 2 aliphatic carbocycles. The number of esters is 2. The maximum Gasteiger partial charge on any atom is 0.314 e. The van der Waals surface area contributed by atoms with Gasteiger partial charge in [-0.3, -0.25) is 28.3 Å². The molecule has 0 aliphatic heterocycles. The Bertz CT molecular complexity index is 2610. The molecule has 0 heterocycles. The second-order valence-electron chi connectivity index (χ2n) is 18.3. The number of carbonyl (C=O) groups is 6. The molecular weight excluding hydrogens is 969 g/mol. The Kier molecular flexibility index (Phi) is 25.2. The van der Waals surface area contributed by atoms with Gasteiger partial charge in [0.05, 0.1) is 24.3 Å². The Hall–Kier alpha value is -6.22. The molecule has 0 aromatic heterocycles. The lowest BCUT2D eigenvalue weighted by molar-refractivity contribution is -0.158. The number of urea groups is 2. The molecule has 0 saturated heterocycles. The van der Waals surface area contributed by atoms with Gasteiger partial charge >= 0.3 is 24.0 Å². The number of allylic oxidation sites excluding steroid dienone is 20. The van der Waals surface area contributed by atoms with E-state index in [9.17, 15) is 45.6 Å². The van der Waals surface area contributed by atoms with Crippen molar-refractivity contribution in [2.75, 3.05) is 37.7 Å². The van der Waals surface area contributed by atoms with Crippen molar-refractivity contribution in [3.63, 3.8) is 0 Å². The lowest BCUT2D eigenvalue weighted by atomic mass is 9.71. The number of rotatable bonds is 24. The normalized spacial score (nSPS) is 20.9. The topological polar surface area (TPSA) is 278 Å². The molecule has 0 spiro atoms. The van der Waals surface area contributed by atoms with Crippen molar-refractivity contribution in [3.8, 4) is 0 Å². The monoisotopic (exact) mass is 1040 g/mol. The zero-order valence-electron chi connectivity index (χ0n) is 42.9. The van der Waals surface area contributed by atoms with Crippen molar-refractivity contribution in [1.82, 2.24) is 21.3 Å². The smallest absolute Gasteiger partial charge is 0.314 e. The highest BCUT2D eigenvalue weighted by Gasteiger charge is 2.41. The van der Waals surface area contributed by atoms with Crippen LogP contribution in [0.4, 0.5) is 9.59 Å². The van der Waals surface area contributed by atoms with Crippen molar-refractivity contribution >= 4 is 55.8 Å². The van der Waals surface area contributed by atoms with Crippen LogP contribution in [0.15, 0.2) is 130 Å². The first kappa shape index (κ1) is 61.9. The Labute approximate surface area is 424 Å². The van der Waals surface area contributed by atoms with Crippen LogP contribution in [0.5, 0.6) is 0 Å². The maximum absolute atomic E-state index is 13.3. The van der Waals surface area contributed by atoms with Crippen LogP contribution in [0.2, 0.25) is 0 Å². The highest BCUT2D eigenvalue weighted by atomic mass is 32.2. The third-order valence-electron chi connectivity index (χ3n) is 11.7. The molecule has 2 aliphatic rings. The molecule has 0 radical (unpaired) electrons. The van der Waals surface area contributed by atoms with Crippen molar-refractivity contribution in [2.24, 2.45) is 17.3 Å². The van der Waals surface area contributed by atoms with Crippen LogP contribution in [-0.2, 0) is 48.9 Å². The molecule has 72 heavy (non-hydrogen) atoms. The fourth-order valence-corrected chi connectivity index (χ4v) is 8.10. The predicted molar refractivity (Wildman–Crippen MR) is 277 cm³/mol. The average Bonchev–Trinajstić information content (AvgIpc) is 3.26. The zero-order chi connectivity index (χ0) is 54.4. The highest BCUT2D eigenvalue weighted by molar-refractivity contribution is 7.86. The van der Waals surface area contributed by atoms with Crippen LogP contribution in [0, 0.1) is 17.3 Å². The first-order valence-corrected chi connectivity index (χ1v) is 26.6. The van der Waals surface area contributed by atoms with E-state index in [0.717, 1.165) is 33.4 Å². The molecule has 0 bridgehead atoms. The van der Waals surface area contributed by atoms with Gasteiger partial charge in [-0.2, -0.15) is 16.8 Å². The summed E-state index contributed by atoms with van der Waals surface area (Å²) in [6, 6.07) is -1.43. The standard InChI is InChI=1S/C52H72N4O14S2/c1-34(17-13-19-36(3)21-23-42-38(5)39(6)49(48(60)40(42)7)70-46(58)26-28-54-51(62)56-30-32-72(66,67)68)15-11-12-16-35(2)18-14-20-37(4)22-24-43-41(8)47(59)44(33-52(43,9)10)69-45(57)25-27-53-50(61)55-29-31-71(63,64)65/h11-24,38-39,44,49H,25-33H2,1-10H3,(H2,53,55,61)(H2,54,56,62)(H,63,64,65)(H,66,67,68)/b12-11+,17-13+,18-14+,23-21+,24-22+,34-15+,35-16+,36-19+,37-20+. The van der Waals surface area contributed by atoms with Crippen LogP contribution in [0.1, 0.15) is 88.5 Å². The van der Waals surface area contributed by atoms with Crippen molar-refractivity contribution < 1.29 is 64.2 Å². The third-order valence-corrected chi connectivity index (χ3v) is 13.1. The van der Waals surface area contributed by atoms with Gasteiger partial charge in [-0.05, 0) is 75.2 Å². The molecule has 0 fully saturated rings. The van der Waals surface area contributed by atoms with Crippen molar-refractivity contribution in [3.05, 3.63) is 130 Å². The number of nitrogens with one attached hydrogen (secondary N) is 4. The summed E-state index contributed by atoms with van der Waals surface area (Å²) in [5, 5.41) is 9.29. The molecule has 4 atom stereocenters. The van der Waals surface area contributed by atoms with E-state index in [1.807, 2.05) is 140 Å². The fraction of sp³-hybridized carbons (Fsp3) is 0.462. The van der Waals surface area contributed by atoms with Crippen LogP contribution in [-0.4, -0.2) is 111 Å². The van der Waals surface area contributed by atoms with Gasteiger partial charge in [0.15, 0.2) is 23.8 Å². The van der Waals surface area contributed by atoms with Crippen LogP contribution >= 0.6 is 0 Å². The molecule has 0 aromatic carbocycles. The van der Waals surface area contributed by atoms with E-state index in [1.165, 1.54) is 0 Å². The lowest BCUT2D eigenvalue weighted by Crippen LogP contribution is -2.42. The van der Waals surface area contributed by atoms with Gasteiger partial charge in [0, 0.05) is 38.5 Å². The lowest BCUT2D eigenvalue weighted by Gasteiger charge is -2.36. The molecule has 0 saturated carbocycles. The number of amides is 4. The van der Waals surface area contributed by atoms with Gasteiger partial charge in [0.2, 0.25) is 0 Å². The van der Waals surface area contributed by atoms with Gasteiger partial charge in [-0.15, -0.1) is 0 Å². The summed E-state index contributed by atoms with van der Waals surface area (Å²) in [4.78, 5) is 75.1. The highest BCUT2D eigenvalue weighted by Crippen LogP contribution is 2.41. The number of ether oxygens (including phenoxy) is 2. The number of ketones is 2. The van der Waals surface area contributed by atoms with E-state index >= 15 is 0 Å². The summed E-state index contributed by atoms with van der Waals surface area (Å²) >= 11 is 0. The van der Waals surface area contributed by atoms with Gasteiger partial charge in [-0.25, -0.2) is 9.59 Å². The Morgan fingerprint density at radius 1 is 0.611 bits per heavy atom. The van der Waals surface area contributed by atoms with Crippen LogP contribution < -0.4 is 21.3 Å². The summed E-state index contributed by atoms with van der Waals surface area (Å²) in [5.74, 6) is -3.60. The van der Waals surface area contributed by atoms with Crippen LogP contribution in [0.25, 0.3) is 0 Å². The van der Waals surface area contributed by atoms with E-state index < -0.39 is 73.4 Å². The van der Waals surface area contributed by atoms with E-state index in [-0.39, 0.29) is 68.8 Å². The molecule has 396 valence electrons. The summed E-state index contributed by atoms with van der Waals surface area (Å²) in [6.07, 6.45) is 25.3. The van der Waals surface area contributed by atoms with Gasteiger partial charge in [0.25, 0.3) is 20.2 Å². The maximum atomic E-state index is 13.3. The van der Waals surface area contributed by atoms with Crippen molar-refractivity contribution in [2.45, 2.75) is 101 Å². The van der Waals surface area contributed by atoms with Gasteiger partial charge in [0.1, 0.15) is 0 Å². The number of hydrogen-bond acceptors (Lipinski definition) is 12. The first-order valence-electron chi connectivity index (χ1n) is 23.4. The quantitative estimate of drug-likeness (QED) is 0.0322. The van der Waals surface area contributed by atoms with Gasteiger partial charge < -0.3 is 30.7 Å². The molecule has 18 nitrogen and oxygen atoms in total. The summed E-state index contributed by atoms with van der Waals surface area (Å²) in [7, 11) is -8.44. The Morgan fingerprint density at radius 2 is 1.03 bits per heavy atom. The Morgan fingerprint density at radius 3 is 1.50 bits per heavy atom. The van der Waals surface area contributed by atoms with Crippen molar-refractivity contribution in [1.29, 1.82) is 0 Å². The van der Waals surface area contributed by atoms with Crippen LogP contribution in [0.3, 0.4) is 0 Å². The molecule has 4 unspecified atom stereocenters. The van der Waals surface area contributed by atoms with E-state index in [0.29, 0.717) is 11.1 Å². The summed E-state index contributed by atoms with van der Waals surface area (Å²) in [5.41, 5.74) is 6.17. The number of Topliss-reactive ketones (excluding diaryl/α,β-unsaturated/α-hetero) is 2. The molecular formula is C52H72N4O14S2. The third kappa shape index (κ3) is 23.3. The molecule has 2 rings (SSSR count). The SMILES string of the molecule is CC1=C(/C=C/C(C)=C/C=C/C(C)=C/C=C/C=C(C)/C=C/C=C(C)/C=C/C2=C(C)C(=O)C(OC(=O)CCNC(=O)NCCS(=O)(=O)O)CC2(C)C)C(C)C(C)C(OC(=O)CCNC(=O)NCCS(=O)(=O)O)C1=O. The predicted octanol–water partition coefficient (Wildman–Crippen LogP) is 7.02. The first-order chi connectivity index (χ1) is 33.5. The zero-order valence-corrected chi connectivity index (χ0v) is 44.5. The van der Waals surface area contributed by atoms with E-state index in [4.69, 9.17) is 18.6 Å². The minimum Gasteiger partial charge on any atom is -0.454 e. The molecule has 4 amide bonds. The molecule has 6 N–H and O–H groups in total.